The smallest absolute Gasteiger partial charge is 0.193 e. The lowest BCUT2D eigenvalue weighted by Gasteiger charge is -2.28. The minimum atomic E-state index is -0.515. The van der Waals surface area contributed by atoms with Crippen LogP contribution in [0.3, 0.4) is 0 Å². The second kappa shape index (κ2) is 4.10. The van der Waals surface area contributed by atoms with E-state index in [-0.39, 0.29) is 0 Å². The van der Waals surface area contributed by atoms with Gasteiger partial charge in [-0.25, -0.2) is 4.98 Å². The number of aromatic nitrogens is 2. The van der Waals surface area contributed by atoms with Crippen LogP contribution in [0.5, 0.6) is 0 Å². The Balaban J connectivity index is 1.84. The van der Waals surface area contributed by atoms with Gasteiger partial charge in [0.15, 0.2) is 4.96 Å². The van der Waals surface area contributed by atoms with Crippen LogP contribution in [-0.2, 0) is 6.42 Å². The molecular weight excluding hydrogens is 232 g/mol. The van der Waals surface area contributed by atoms with Crippen LogP contribution in [0.2, 0.25) is 0 Å². The van der Waals surface area contributed by atoms with E-state index in [1.807, 2.05) is 16.0 Å². The zero-order valence-corrected chi connectivity index (χ0v) is 10.9. The molecule has 0 saturated heterocycles. The van der Waals surface area contributed by atoms with E-state index in [4.69, 9.17) is 0 Å². The zero-order valence-electron chi connectivity index (χ0n) is 10.1. The Morgan fingerprint density at radius 2 is 2.53 bits per heavy atom. The summed E-state index contributed by atoms with van der Waals surface area (Å²) < 4.78 is 2.04. The van der Waals surface area contributed by atoms with Crippen LogP contribution < -0.4 is 0 Å². The molecule has 0 aromatic carbocycles. The first kappa shape index (κ1) is 11.2. The average Bonchev–Trinajstić information content (AvgIpc) is 2.92. The third-order valence-electron chi connectivity index (χ3n) is 4.05. The number of imidazole rings is 1. The molecular formula is C13H18N2OS. The SMILES string of the molecule is CCC1CCCC1(O)Cc1cn2ccsc2n1. The molecule has 2 unspecified atom stereocenters. The van der Waals surface area contributed by atoms with E-state index in [1.54, 1.807) is 11.3 Å². The molecule has 2 aromatic rings. The molecule has 3 rings (SSSR count). The second-order valence-electron chi connectivity index (χ2n) is 5.10. The van der Waals surface area contributed by atoms with Gasteiger partial charge in [-0.15, -0.1) is 11.3 Å². The summed E-state index contributed by atoms with van der Waals surface area (Å²) >= 11 is 1.64. The molecule has 0 spiro atoms. The van der Waals surface area contributed by atoms with Crippen molar-refractivity contribution in [2.45, 2.75) is 44.6 Å². The number of hydrogen-bond acceptors (Lipinski definition) is 3. The molecule has 4 heteroatoms. The van der Waals surface area contributed by atoms with E-state index in [9.17, 15) is 5.11 Å². The molecule has 1 N–H and O–H groups in total. The summed E-state index contributed by atoms with van der Waals surface area (Å²) in [6.45, 7) is 2.17. The minimum Gasteiger partial charge on any atom is -0.389 e. The summed E-state index contributed by atoms with van der Waals surface area (Å²) in [5.41, 5.74) is 0.512. The molecule has 17 heavy (non-hydrogen) atoms. The highest BCUT2D eigenvalue weighted by Gasteiger charge is 2.40. The van der Waals surface area contributed by atoms with Gasteiger partial charge in [0.2, 0.25) is 0 Å². The van der Waals surface area contributed by atoms with Crippen LogP contribution in [-0.4, -0.2) is 20.1 Å². The summed E-state index contributed by atoms with van der Waals surface area (Å²) in [5.74, 6) is 0.447. The van der Waals surface area contributed by atoms with Crippen molar-refractivity contribution in [2.75, 3.05) is 0 Å². The zero-order chi connectivity index (χ0) is 11.9. The van der Waals surface area contributed by atoms with Gasteiger partial charge in [-0.05, 0) is 18.8 Å². The molecule has 2 heterocycles. The van der Waals surface area contributed by atoms with Gasteiger partial charge in [0, 0.05) is 24.2 Å². The number of rotatable bonds is 3. The monoisotopic (exact) mass is 250 g/mol. The standard InChI is InChI=1S/C13H18N2OS/c1-2-10-4-3-5-13(10,16)8-11-9-15-6-7-17-12(15)14-11/h6-7,9-10,16H,2-5,8H2,1H3. The van der Waals surface area contributed by atoms with Crippen LogP contribution in [0.4, 0.5) is 0 Å². The predicted octanol–water partition coefficient (Wildman–Crippen LogP) is 2.88. The van der Waals surface area contributed by atoms with E-state index in [2.05, 4.69) is 18.1 Å². The van der Waals surface area contributed by atoms with Gasteiger partial charge in [-0.2, -0.15) is 0 Å². The van der Waals surface area contributed by atoms with Crippen molar-refractivity contribution in [3.05, 3.63) is 23.5 Å². The van der Waals surface area contributed by atoms with Gasteiger partial charge in [0.1, 0.15) is 0 Å². The molecule has 92 valence electrons. The number of nitrogens with zero attached hydrogens (tertiary/aromatic N) is 2. The van der Waals surface area contributed by atoms with Crippen molar-refractivity contribution >= 4 is 16.3 Å². The summed E-state index contributed by atoms with van der Waals surface area (Å²) in [7, 11) is 0. The maximum Gasteiger partial charge on any atom is 0.193 e. The van der Waals surface area contributed by atoms with Crippen LogP contribution in [0.25, 0.3) is 4.96 Å². The minimum absolute atomic E-state index is 0.447. The van der Waals surface area contributed by atoms with E-state index >= 15 is 0 Å². The number of fused-ring (bicyclic) bond motifs is 1. The van der Waals surface area contributed by atoms with Crippen molar-refractivity contribution < 1.29 is 5.11 Å². The fourth-order valence-electron chi connectivity index (χ4n) is 3.12. The largest absolute Gasteiger partial charge is 0.389 e. The lowest BCUT2D eigenvalue weighted by atomic mass is 9.85. The first-order valence-electron chi connectivity index (χ1n) is 6.35. The third kappa shape index (κ3) is 1.89. The van der Waals surface area contributed by atoms with Crippen LogP contribution in [0.1, 0.15) is 38.3 Å². The Morgan fingerprint density at radius 3 is 3.29 bits per heavy atom. The van der Waals surface area contributed by atoms with Crippen LogP contribution >= 0.6 is 11.3 Å². The summed E-state index contributed by atoms with van der Waals surface area (Å²) in [5, 5.41) is 12.8. The van der Waals surface area contributed by atoms with Crippen molar-refractivity contribution in [1.29, 1.82) is 0 Å². The molecule has 0 radical (unpaired) electrons. The normalized spacial score (nSPS) is 29.2. The highest BCUT2D eigenvalue weighted by Crippen LogP contribution is 2.39. The van der Waals surface area contributed by atoms with Gasteiger partial charge in [-0.1, -0.05) is 19.8 Å². The predicted molar refractivity (Wildman–Crippen MR) is 69.4 cm³/mol. The quantitative estimate of drug-likeness (QED) is 0.909. The summed E-state index contributed by atoms with van der Waals surface area (Å²) in [4.78, 5) is 5.59. The lowest BCUT2D eigenvalue weighted by molar-refractivity contribution is 0.000738. The summed E-state index contributed by atoms with van der Waals surface area (Å²) in [6.07, 6.45) is 9.09. The average molecular weight is 250 g/mol. The molecule has 1 saturated carbocycles. The van der Waals surface area contributed by atoms with Gasteiger partial charge >= 0.3 is 0 Å². The van der Waals surface area contributed by atoms with Gasteiger partial charge in [0.25, 0.3) is 0 Å². The molecule has 1 aliphatic carbocycles. The molecule has 0 amide bonds. The fourth-order valence-corrected chi connectivity index (χ4v) is 3.84. The highest BCUT2D eigenvalue weighted by molar-refractivity contribution is 7.15. The summed E-state index contributed by atoms with van der Waals surface area (Å²) in [6, 6.07) is 0. The van der Waals surface area contributed by atoms with E-state index < -0.39 is 5.60 Å². The Labute approximate surface area is 105 Å². The van der Waals surface area contributed by atoms with Crippen LogP contribution in [0.15, 0.2) is 17.8 Å². The van der Waals surface area contributed by atoms with E-state index in [0.717, 1.165) is 36.3 Å². The van der Waals surface area contributed by atoms with Crippen LogP contribution in [0, 0.1) is 5.92 Å². The van der Waals surface area contributed by atoms with E-state index in [1.165, 1.54) is 0 Å². The second-order valence-corrected chi connectivity index (χ2v) is 5.98. The first-order chi connectivity index (χ1) is 8.21. The maximum atomic E-state index is 10.7. The lowest BCUT2D eigenvalue weighted by Crippen LogP contribution is -2.35. The van der Waals surface area contributed by atoms with E-state index in [0.29, 0.717) is 12.3 Å². The molecule has 1 fully saturated rings. The molecule has 0 aliphatic heterocycles. The number of thiazole rings is 1. The fraction of sp³-hybridized carbons (Fsp3) is 0.615. The number of hydrogen-bond donors (Lipinski definition) is 1. The van der Waals surface area contributed by atoms with Gasteiger partial charge in [0.05, 0.1) is 11.3 Å². The molecule has 3 nitrogen and oxygen atoms in total. The van der Waals surface area contributed by atoms with Gasteiger partial charge < -0.3 is 5.11 Å². The molecule has 1 aliphatic rings. The Kier molecular flexibility index (Phi) is 2.71. The highest BCUT2D eigenvalue weighted by atomic mass is 32.1. The first-order valence-corrected chi connectivity index (χ1v) is 7.23. The van der Waals surface area contributed by atoms with Crippen molar-refractivity contribution in [3.8, 4) is 0 Å². The molecule has 2 aromatic heterocycles. The van der Waals surface area contributed by atoms with Gasteiger partial charge in [-0.3, -0.25) is 4.40 Å². The van der Waals surface area contributed by atoms with Crippen molar-refractivity contribution in [2.24, 2.45) is 5.92 Å². The number of aliphatic hydroxyl groups is 1. The Bertz CT molecular complexity index is 490. The van der Waals surface area contributed by atoms with Crippen molar-refractivity contribution in [3.63, 3.8) is 0 Å². The molecule has 2 atom stereocenters. The topological polar surface area (TPSA) is 37.5 Å². The maximum absolute atomic E-state index is 10.7. The Morgan fingerprint density at radius 1 is 1.65 bits per heavy atom. The Hall–Kier alpha value is -0.870. The van der Waals surface area contributed by atoms with Crippen molar-refractivity contribution in [1.82, 2.24) is 9.38 Å². The third-order valence-corrected chi connectivity index (χ3v) is 4.82. The molecule has 0 bridgehead atoms.